The molecule has 5 nitrogen and oxygen atoms in total. The highest BCUT2D eigenvalue weighted by molar-refractivity contribution is 6.26. The van der Waals surface area contributed by atoms with Crippen molar-refractivity contribution in [2.45, 2.75) is 18.7 Å². The van der Waals surface area contributed by atoms with Gasteiger partial charge in [-0.25, -0.2) is 4.79 Å². The van der Waals surface area contributed by atoms with Crippen molar-refractivity contribution < 1.29 is 14.3 Å². The highest BCUT2D eigenvalue weighted by Crippen LogP contribution is 2.50. The average molecular weight is 295 g/mol. The first-order valence-electron chi connectivity index (χ1n) is 6.50. The molecule has 106 valence electrons. The van der Waals surface area contributed by atoms with Crippen molar-refractivity contribution in [3.63, 3.8) is 0 Å². The molecule has 2 unspecified atom stereocenters. The van der Waals surface area contributed by atoms with E-state index in [2.05, 4.69) is 5.32 Å². The van der Waals surface area contributed by atoms with E-state index < -0.39 is 5.41 Å². The smallest absolute Gasteiger partial charge is 0.414 e. The number of benzene rings is 1. The van der Waals surface area contributed by atoms with Crippen LogP contribution in [0.15, 0.2) is 24.3 Å². The Morgan fingerprint density at radius 1 is 1.45 bits per heavy atom. The number of ether oxygens (including phenoxy) is 1. The third-order valence-corrected chi connectivity index (χ3v) is 4.49. The van der Waals surface area contributed by atoms with Gasteiger partial charge in [0.25, 0.3) is 0 Å². The van der Waals surface area contributed by atoms with E-state index in [9.17, 15) is 9.59 Å². The van der Waals surface area contributed by atoms with Gasteiger partial charge >= 0.3 is 6.09 Å². The summed E-state index contributed by atoms with van der Waals surface area (Å²) in [7, 11) is 0. The van der Waals surface area contributed by atoms with Gasteiger partial charge in [0.15, 0.2) is 0 Å². The van der Waals surface area contributed by atoms with Crippen LogP contribution in [0, 0.1) is 5.41 Å². The molecule has 0 radical (unpaired) electrons. The number of cyclic esters (lactones) is 1. The van der Waals surface area contributed by atoms with E-state index in [0.717, 1.165) is 5.69 Å². The second-order valence-electron chi connectivity index (χ2n) is 5.36. The zero-order valence-electron chi connectivity index (χ0n) is 11.1. The summed E-state index contributed by atoms with van der Waals surface area (Å²) in [6.45, 7) is 2.82. The number of halogens is 1. The molecule has 2 atom stereocenters. The molecule has 2 fully saturated rings. The minimum absolute atomic E-state index is 0.0640. The van der Waals surface area contributed by atoms with E-state index in [1.54, 1.807) is 29.2 Å². The number of anilines is 2. The molecule has 1 aliphatic heterocycles. The summed E-state index contributed by atoms with van der Waals surface area (Å²) in [6, 6.07) is 7.12. The van der Waals surface area contributed by atoms with Crippen LogP contribution < -0.4 is 10.2 Å². The maximum atomic E-state index is 12.0. The topological polar surface area (TPSA) is 58.6 Å². The quantitative estimate of drug-likeness (QED) is 0.872. The number of nitrogens with one attached hydrogen (secondary N) is 1. The molecule has 1 heterocycles. The molecule has 2 amide bonds. The fourth-order valence-corrected chi connectivity index (χ4v) is 2.59. The van der Waals surface area contributed by atoms with Crippen LogP contribution in [-0.4, -0.2) is 30.5 Å². The van der Waals surface area contributed by atoms with Gasteiger partial charge in [-0.05, 0) is 37.6 Å². The monoisotopic (exact) mass is 294 g/mol. The van der Waals surface area contributed by atoms with Gasteiger partial charge in [-0.1, -0.05) is 0 Å². The van der Waals surface area contributed by atoms with Gasteiger partial charge in [-0.15, -0.1) is 11.6 Å². The summed E-state index contributed by atoms with van der Waals surface area (Å²) in [5.74, 6) is -0.0640. The molecule has 1 saturated carbocycles. The number of amides is 2. The second-order valence-corrected chi connectivity index (χ2v) is 5.88. The summed E-state index contributed by atoms with van der Waals surface area (Å²) in [5.41, 5.74) is 1.00. The number of hydrogen-bond donors (Lipinski definition) is 1. The Kier molecular flexibility index (Phi) is 3.09. The molecule has 1 N–H and O–H groups in total. The van der Waals surface area contributed by atoms with Crippen LogP contribution in [0.4, 0.5) is 16.2 Å². The summed E-state index contributed by atoms with van der Waals surface area (Å²) in [4.78, 5) is 25.0. The standard InChI is InChI=1S/C14H15ClN2O3/c1-14(8-11(14)15)12(18)16-9-2-4-10(5-3-9)17-6-7-20-13(17)19/h2-5,11H,6-8H2,1H3,(H,16,18). The minimum atomic E-state index is -0.459. The third-order valence-electron chi connectivity index (χ3n) is 3.85. The molecule has 0 bridgehead atoms. The van der Waals surface area contributed by atoms with E-state index in [4.69, 9.17) is 16.3 Å². The Balaban J connectivity index is 1.67. The first kappa shape index (κ1) is 13.2. The summed E-state index contributed by atoms with van der Waals surface area (Å²) in [6.07, 6.45) is 0.371. The van der Waals surface area contributed by atoms with Crippen molar-refractivity contribution in [1.82, 2.24) is 0 Å². The van der Waals surface area contributed by atoms with Gasteiger partial charge in [-0.3, -0.25) is 9.69 Å². The molecule has 1 saturated heterocycles. The van der Waals surface area contributed by atoms with Crippen molar-refractivity contribution in [1.29, 1.82) is 0 Å². The lowest BCUT2D eigenvalue weighted by Crippen LogP contribution is -2.24. The van der Waals surface area contributed by atoms with Crippen molar-refractivity contribution in [3.8, 4) is 0 Å². The Labute approximate surface area is 121 Å². The van der Waals surface area contributed by atoms with E-state index >= 15 is 0 Å². The predicted molar refractivity (Wildman–Crippen MR) is 76.1 cm³/mol. The molecule has 3 rings (SSSR count). The Morgan fingerprint density at radius 3 is 2.60 bits per heavy atom. The van der Waals surface area contributed by atoms with Crippen LogP contribution >= 0.6 is 11.6 Å². The molecule has 0 aromatic heterocycles. The van der Waals surface area contributed by atoms with Gasteiger partial charge in [0.2, 0.25) is 5.91 Å². The van der Waals surface area contributed by atoms with E-state index in [-0.39, 0.29) is 17.4 Å². The maximum absolute atomic E-state index is 12.0. The lowest BCUT2D eigenvalue weighted by Gasteiger charge is -2.14. The van der Waals surface area contributed by atoms with Crippen LogP contribution in [0.1, 0.15) is 13.3 Å². The maximum Gasteiger partial charge on any atom is 0.414 e. The van der Waals surface area contributed by atoms with Crippen LogP contribution in [0.5, 0.6) is 0 Å². The minimum Gasteiger partial charge on any atom is -0.447 e. The molecule has 0 spiro atoms. The number of nitrogens with zero attached hydrogens (tertiary/aromatic N) is 1. The Morgan fingerprint density at radius 2 is 2.10 bits per heavy atom. The fraction of sp³-hybridized carbons (Fsp3) is 0.429. The molecule has 20 heavy (non-hydrogen) atoms. The number of hydrogen-bond acceptors (Lipinski definition) is 3. The molecule has 2 aliphatic rings. The van der Waals surface area contributed by atoms with Crippen molar-refractivity contribution >= 4 is 35.0 Å². The van der Waals surface area contributed by atoms with Crippen LogP contribution in [0.3, 0.4) is 0 Å². The average Bonchev–Trinajstić information content (AvgIpc) is 2.84. The second kappa shape index (κ2) is 4.66. The zero-order chi connectivity index (χ0) is 14.3. The van der Waals surface area contributed by atoms with E-state index in [1.165, 1.54) is 0 Å². The van der Waals surface area contributed by atoms with E-state index in [1.807, 2.05) is 6.92 Å². The first-order chi connectivity index (χ1) is 9.50. The highest BCUT2D eigenvalue weighted by atomic mass is 35.5. The van der Waals surface area contributed by atoms with Crippen LogP contribution in [0.2, 0.25) is 0 Å². The number of alkyl halides is 1. The molecule has 6 heteroatoms. The molecule has 1 aromatic rings. The first-order valence-corrected chi connectivity index (χ1v) is 6.94. The van der Waals surface area contributed by atoms with Crippen molar-refractivity contribution in [2.75, 3.05) is 23.4 Å². The van der Waals surface area contributed by atoms with Crippen LogP contribution in [-0.2, 0) is 9.53 Å². The molecular weight excluding hydrogens is 280 g/mol. The molecular formula is C14H15ClN2O3. The van der Waals surface area contributed by atoms with E-state index in [0.29, 0.717) is 25.3 Å². The number of rotatable bonds is 3. The van der Waals surface area contributed by atoms with Crippen molar-refractivity contribution in [3.05, 3.63) is 24.3 Å². The Bertz CT molecular complexity index is 560. The van der Waals surface area contributed by atoms with Gasteiger partial charge < -0.3 is 10.1 Å². The zero-order valence-corrected chi connectivity index (χ0v) is 11.8. The summed E-state index contributed by atoms with van der Waals surface area (Å²) < 4.78 is 4.88. The van der Waals surface area contributed by atoms with Crippen molar-refractivity contribution in [2.24, 2.45) is 5.41 Å². The SMILES string of the molecule is CC1(C(=O)Nc2ccc(N3CCOC3=O)cc2)CC1Cl. The number of carbonyl (C=O) groups excluding carboxylic acids is 2. The lowest BCUT2D eigenvalue weighted by atomic mass is 10.1. The Hall–Kier alpha value is -1.75. The van der Waals surface area contributed by atoms with Gasteiger partial charge in [0, 0.05) is 16.8 Å². The normalized spacial score (nSPS) is 28.2. The van der Waals surface area contributed by atoms with Gasteiger partial charge in [0.05, 0.1) is 12.0 Å². The van der Waals surface area contributed by atoms with Crippen LogP contribution in [0.25, 0.3) is 0 Å². The number of carbonyl (C=O) groups is 2. The highest BCUT2D eigenvalue weighted by Gasteiger charge is 2.55. The molecule has 1 aromatic carbocycles. The summed E-state index contributed by atoms with van der Waals surface area (Å²) >= 11 is 5.96. The third kappa shape index (κ3) is 2.22. The van der Waals surface area contributed by atoms with Gasteiger partial charge in [-0.2, -0.15) is 0 Å². The summed E-state index contributed by atoms with van der Waals surface area (Å²) in [5, 5.41) is 2.76. The molecule has 1 aliphatic carbocycles. The predicted octanol–water partition coefficient (Wildman–Crippen LogP) is 2.60. The fourth-order valence-electron chi connectivity index (χ4n) is 2.17. The largest absolute Gasteiger partial charge is 0.447 e. The van der Waals surface area contributed by atoms with Gasteiger partial charge in [0.1, 0.15) is 6.61 Å². The lowest BCUT2D eigenvalue weighted by molar-refractivity contribution is -0.120.